The number of hydrogen-bond donors (Lipinski definition) is 1. The molecule has 0 radical (unpaired) electrons. The third-order valence-electron chi connectivity index (χ3n) is 5.76. The Labute approximate surface area is 152 Å². The summed E-state index contributed by atoms with van der Waals surface area (Å²) in [5.41, 5.74) is 2.57. The van der Waals surface area contributed by atoms with E-state index in [4.69, 9.17) is 23.7 Å². The van der Waals surface area contributed by atoms with Crippen LogP contribution in [-0.2, 0) is 5.41 Å². The van der Waals surface area contributed by atoms with Crippen molar-refractivity contribution in [2.24, 2.45) is 0 Å². The summed E-state index contributed by atoms with van der Waals surface area (Å²) in [4.78, 5) is 0. The van der Waals surface area contributed by atoms with Crippen molar-refractivity contribution in [2.75, 3.05) is 40.7 Å². The molecule has 6 nitrogen and oxygen atoms in total. The molecular weight excluding hydrogens is 334 g/mol. The zero-order valence-corrected chi connectivity index (χ0v) is 14.8. The molecule has 2 heterocycles. The second kappa shape index (κ2) is 5.71. The fourth-order valence-corrected chi connectivity index (χ4v) is 4.39. The van der Waals surface area contributed by atoms with Crippen LogP contribution >= 0.6 is 0 Å². The average molecular weight is 355 g/mol. The molecule has 136 valence electrons. The van der Waals surface area contributed by atoms with Gasteiger partial charge in [-0.1, -0.05) is 0 Å². The number of methoxy groups -OCH3 is 2. The van der Waals surface area contributed by atoms with E-state index in [1.807, 2.05) is 18.2 Å². The molecule has 1 fully saturated rings. The smallest absolute Gasteiger partial charge is 0.231 e. The van der Waals surface area contributed by atoms with Crippen LogP contribution in [-0.4, -0.2) is 40.7 Å². The first-order chi connectivity index (χ1) is 12.7. The normalized spacial score (nSPS) is 24.5. The molecular formula is C20H21NO5. The molecule has 5 rings (SSSR count). The molecule has 26 heavy (non-hydrogen) atoms. The van der Waals surface area contributed by atoms with Gasteiger partial charge in [-0.25, -0.2) is 0 Å². The molecule has 0 amide bonds. The van der Waals surface area contributed by atoms with Crippen molar-refractivity contribution in [1.82, 2.24) is 5.32 Å². The lowest BCUT2D eigenvalue weighted by Gasteiger charge is -2.46. The first kappa shape index (κ1) is 15.6. The lowest BCUT2D eigenvalue weighted by molar-refractivity contribution is 0.173. The van der Waals surface area contributed by atoms with E-state index in [9.17, 15) is 0 Å². The highest BCUT2D eigenvalue weighted by Crippen LogP contribution is 2.56. The molecule has 6 heteroatoms. The maximum Gasteiger partial charge on any atom is 0.231 e. The molecule has 1 aliphatic carbocycles. The highest BCUT2D eigenvalue weighted by Gasteiger charge is 2.55. The number of benzene rings is 2. The number of ether oxygens (including phenoxy) is 5. The Balaban J connectivity index is 1.43. The van der Waals surface area contributed by atoms with Crippen molar-refractivity contribution < 1.29 is 23.7 Å². The van der Waals surface area contributed by atoms with Gasteiger partial charge in [0.05, 0.1) is 26.2 Å². The Morgan fingerprint density at radius 1 is 1.08 bits per heavy atom. The van der Waals surface area contributed by atoms with E-state index in [0.717, 1.165) is 41.8 Å². The predicted molar refractivity (Wildman–Crippen MR) is 94.9 cm³/mol. The van der Waals surface area contributed by atoms with Gasteiger partial charge in [-0.15, -0.1) is 0 Å². The Morgan fingerprint density at radius 3 is 2.73 bits per heavy atom. The summed E-state index contributed by atoms with van der Waals surface area (Å²) in [5.74, 6) is 4.26. The van der Waals surface area contributed by atoms with Gasteiger partial charge in [0.15, 0.2) is 23.0 Å². The van der Waals surface area contributed by atoms with Gasteiger partial charge in [-0.2, -0.15) is 0 Å². The van der Waals surface area contributed by atoms with Crippen LogP contribution in [0.5, 0.6) is 28.7 Å². The third kappa shape index (κ3) is 2.08. The number of fused-ring (bicyclic) bond motifs is 5. The topological polar surface area (TPSA) is 58.2 Å². The lowest BCUT2D eigenvalue weighted by Crippen LogP contribution is -2.48. The first-order valence-electron chi connectivity index (χ1n) is 8.75. The summed E-state index contributed by atoms with van der Waals surface area (Å²) in [6.07, 6.45) is 0. The highest BCUT2D eigenvalue weighted by molar-refractivity contribution is 5.60. The van der Waals surface area contributed by atoms with E-state index >= 15 is 0 Å². The maximum atomic E-state index is 6.18. The van der Waals surface area contributed by atoms with Gasteiger partial charge in [0.1, 0.15) is 5.75 Å². The molecule has 3 aliphatic rings. The SMILES string of the molecule is COc1cc2c(cc1OC)[C@@]1(COc3ccc4c(c3)OCO4)CNC[C@@H]21. The fourth-order valence-electron chi connectivity index (χ4n) is 4.39. The lowest BCUT2D eigenvalue weighted by atomic mass is 9.58. The van der Waals surface area contributed by atoms with Crippen molar-refractivity contribution in [3.8, 4) is 28.7 Å². The van der Waals surface area contributed by atoms with Crippen LogP contribution in [0.2, 0.25) is 0 Å². The molecule has 0 aromatic heterocycles. The molecule has 0 spiro atoms. The van der Waals surface area contributed by atoms with Crippen LogP contribution in [0.4, 0.5) is 0 Å². The Hall–Kier alpha value is -2.60. The number of rotatable bonds is 5. The number of nitrogens with one attached hydrogen (secondary N) is 1. The predicted octanol–water partition coefficient (Wildman–Crippen LogP) is 2.45. The van der Waals surface area contributed by atoms with Crippen molar-refractivity contribution in [1.29, 1.82) is 0 Å². The van der Waals surface area contributed by atoms with E-state index in [2.05, 4.69) is 17.4 Å². The Morgan fingerprint density at radius 2 is 1.88 bits per heavy atom. The Kier molecular flexibility index (Phi) is 3.43. The molecule has 2 aromatic rings. The van der Waals surface area contributed by atoms with Gasteiger partial charge in [-0.05, 0) is 35.4 Å². The zero-order chi connectivity index (χ0) is 17.7. The van der Waals surface area contributed by atoms with Crippen molar-refractivity contribution in [2.45, 2.75) is 11.3 Å². The minimum Gasteiger partial charge on any atom is -0.493 e. The first-order valence-corrected chi connectivity index (χ1v) is 8.75. The second-order valence-corrected chi connectivity index (χ2v) is 6.94. The van der Waals surface area contributed by atoms with E-state index in [1.165, 1.54) is 11.1 Å². The molecule has 0 saturated carbocycles. The largest absolute Gasteiger partial charge is 0.493 e. The fraction of sp³-hybridized carbons (Fsp3) is 0.400. The van der Waals surface area contributed by atoms with Gasteiger partial charge >= 0.3 is 0 Å². The third-order valence-corrected chi connectivity index (χ3v) is 5.76. The minimum atomic E-state index is -0.0365. The highest BCUT2D eigenvalue weighted by atomic mass is 16.7. The summed E-state index contributed by atoms with van der Waals surface area (Å²) < 4.78 is 27.9. The molecule has 0 bridgehead atoms. The number of hydrogen-bond acceptors (Lipinski definition) is 6. The molecule has 0 unspecified atom stereocenters. The van der Waals surface area contributed by atoms with E-state index in [1.54, 1.807) is 14.2 Å². The summed E-state index contributed by atoms with van der Waals surface area (Å²) >= 11 is 0. The standard InChI is InChI=1S/C20H21NO5/c1-22-17-6-13-14(7-18(17)23-2)20(9-21-8-15(13)20)10-24-12-3-4-16-19(5-12)26-11-25-16/h3-7,15,21H,8-11H2,1-2H3/t15-,20-/m0/s1. The van der Waals surface area contributed by atoms with Crippen molar-refractivity contribution in [3.63, 3.8) is 0 Å². The minimum absolute atomic E-state index is 0.0365. The van der Waals surface area contributed by atoms with E-state index < -0.39 is 0 Å². The summed E-state index contributed by atoms with van der Waals surface area (Å²) in [6.45, 7) is 2.72. The van der Waals surface area contributed by atoms with Crippen LogP contribution in [0, 0.1) is 0 Å². The second-order valence-electron chi connectivity index (χ2n) is 6.94. The van der Waals surface area contributed by atoms with Crippen LogP contribution in [0.15, 0.2) is 30.3 Å². The van der Waals surface area contributed by atoms with Crippen LogP contribution in [0.25, 0.3) is 0 Å². The van der Waals surface area contributed by atoms with Gasteiger partial charge in [0, 0.05) is 25.1 Å². The molecule has 2 atom stereocenters. The quantitative estimate of drug-likeness (QED) is 0.889. The zero-order valence-electron chi connectivity index (χ0n) is 14.8. The van der Waals surface area contributed by atoms with Gasteiger partial charge in [-0.3, -0.25) is 0 Å². The maximum absolute atomic E-state index is 6.18. The van der Waals surface area contributed by atoms with Crippen molar-refractivity contribution in [3.05, 3.63) is 41.5 Å². The Bertz CT molecular complexity index is 868. The average Bonchev–Trinajstić information content (AvgIpc) is 3.28. The van der Waals surface area contributed by atoms with Crippen LogP contribution in [0.3, 0.4) is 0 Å². The summed E-state index contributed by atoms with van der Waals surface area (Å²) in [7, 11) is 3.34. The van der Waals surface area contributed by atoms with E-state index in [-0.39, 0.29) is 12.2 Å². The van der Waals surface area contributed by atoms with Crippen LogP contribution < -0.4 is 29.0 Å². The van der Waals surface area contributed by atoms with Gasteiger partial charge in [0.25, 0.3) is 0 Å². The van der Waals surface area contributed by atoms with Gasteiger partial charge in [0.2, 0.25) is 6.79 Å². The van der Waals surface area contributed by atoms with Crippen LogP contribution in [0.1, 0.15) is 17.0 Å². The molecule has 1 saturated heterocycles. The molecule has 2 aromatic carbocycles. The monoisotopic (exact) mass is 355 g/mol. The van der Waals surface area contributed by atoms with E-state index in [0.29, 0.717) is 12.5 Å². The van der Waals surface area contributed by atoms with Gasteiger partial charge < -0.3 is 29.0 Å². The summed E-state index contributed by atoms with van der Waals surface area (Å²) in [6, 6.07) is 9.91. The molecule has 2 aliphatic heterocycles. The molecule has 1 N–H and O–H groups in total. The summed E-state index contributed by atoms with van der Waals surface area (Å²) in [5, 5.41) is 3.52. The van der Waals surface area contributed by atoms with Crippen molar-refractivity contribution >= 4 is 0 Å².